The van der Waals surface area contributed by atoms with E-state index in [1.807, 2.05) is 0 Å². The van der Waals surface area contributed by atoms with Crippen LogP contribution in [0.2, 0.25) is 0 Å². The number of benzene rings is 2. The van der Waals surface area contributed by atoms with Crippen LogP contribution in [-0.2, 0) is 11.0 Å². The number of aryl methyl sites for hydroxylation is 1. The van der Waals surface area contributed by atoms with Gasteiger partial charge in [0.05, 0.1) is 32.5 Å². The Labute approximate surface area is 204 Å². The molecule has 0 saturated heterocycles. The van der Waals surface area contributed by atoms with E-state index in [0.717, 1.165) is 24.3 Å². The number of halogens is 3. The SMILES string of the molecule is COc1cc(C(CC(=O)Nc2ccc(C(F)(F)F)cc2)c2c(O)cc(C)oc2=O)cc(OC)c1OC. The maximum Gasteiger partial charge on any atom is 0.416 e. The summed E-state index contributed by atoms with van der Waals surface area (Å²) in [5, 5.41) is 13.1. The van der Waals surface area contributed by atoms with Crippen LogP contribution in [0.4, 0.5) is 18.9 Å². The van der Waals surface area contributed by atoms with Crippen LogP contribution in [0.1, 0.15) is 34.8 Å². The Hall–Kier alpha value is -4.15. The number of rotatable bonds is 8. The second-order valence-corrected chi connectivity index (χ2v) is 7.78. The number of carbonyl (C=O) groups excluding carboxylic acids is 1. The lowest BCUT2D eigenvalue weighted by atomic mass is 9.88. The van der Waals surface area contributed by atoms with Crippen LogP contribution in [0, 0.1) is 6.92 Å². The molecule has 0 aliphatic heterocycles. The van der Waals surface area contributed by atoms with Crippen LogP contribution in [0.5, 0.6) is 23.0 Å². The predicted molar refractivity (Wildman–Crippen MR) is 124 cm³/mol. The van der Waals surface area contributed by atoms with Crippen molar-refractivity contribution in [2.24, 2.45) is 0 Å². The van der Waals surface area contributed by atoms with Crippen molar-refractivity contribution in [1.82, 2.24) is 0 Å². The summed E-state index contributed by atoms with van der Waals surface area (Å²) in [6.45, 7) is 1.48. The molecule has 0 saturated carbocycles. The molecule has 1 atom stereocenters. The zero-order chi connectivity index (χ0) is 26.6. The van der Waals surface area contributed by atoms with E-state index in [0.29, 0.717) is 5.56 Å². The topological polar surface area (TPSA) is 107 Å². The van der Waals surface area contributed by atoms with Gasteiger partial charge in [0.2, 0.25) is 11.7 Å². The van der Waals surface area contributed by atoms with E-state index in [2.05, 4.69) is 5.32 Å². The molecule has 0 fully saturated rings. The van der Waals surface area contributed by atoms with Crippen molar-refractivity contribution in [2.75, 3.05) is 26.6 Å². The summed E-state index contributed by atoms with van der Waals surface area (Å²) < 4.78 is 59.7. The van der Waals surface area contributed by atoms with Crippen LogP contribution >= 0.6 is 0 Å². The van der Waals surface area contributed by atoms with Crippen molar-refractivity contribution >= 4 is 11.6 Å². The molecule has 3 rings (SSSR count). The van der Waals surface area contributed by atoms with Gasteiger partial charge in [0.15, 0.2) is 11.5 Å². The van der Waals surface area contributed by atoms with Gasteiger partial charge in [-0.2, -0.15) is 13.2 Å². The van der Waals surface area contributed by atoms with Gasteiger partial charge in [0.25, 0.3) is 0 Å². The van der Waals surface area contributed by atoms with Crippen molar-refractivity contribution in [3.63, 3.8) is 0 Å². The number of hydrogen-bond donors (Lipinski definition) is 2. The standard InChI is InChI=1S/C25H24F3NO7/c1-13-9-18(30)22(24(32)36-13)17(14-10-19(33-2)23(35-4)20(11-14)34-3)12-21(31)29-16-7-5-15(6-8-16)25(26,27)28/h5-11,17,30H,12H2,1-4H3,(H,29,31). The van der Waals surface area contributed by atoms with Gasteiger partial charge in [-0.15, -0.1) is 0 Å². The summed E-state index contributed by atoms with van der Waals surface area (Å²) >= 11 is 0. The second kappa shape index (κ2) is 10.6. The molecular weight excluding hydrogens is 483 g/mol. The molecule has 1 unspecified atom stereocenters. The molecule has 1 aromatic heterocycles. The Morgan fingerprint density at radius 1 is 1.03 bits per heavy atom. The first-order valence-electron chi connectivity index (χ1n) is 10.6. The normalized spacial score (nSPS) is 12.1. The van der Waals surface area contributed by atoms with E-state index >= 15 is 0 Å². The minimum absolute atomic E-state index is 0.122. The number of alkyl halides is 3. The van der Waals surface area contributed by atoms with Crippen LogP contribution in [0.3, 0.4) is 0 Å². The van der Waals surface area contributed by atoms with Crippen molar-refractivity contribution in [1.29, 1.82) is 0 Å². The third-order valence-corrected chi connectivity index (χ3v) is 5.41. The number of ether oxygens (including phenoxy) is 3. The average Bonchev–Trinajstić information content (AvgIpc) is 2.81. The minimum atomic E-state index is -4.52. The Bertz CT molecular complexity index is 1280. The lowest BCUT2D eigenvalue weighted by Gasteiger charge is -2.21. The summed E-state index contributed by atoms with van der Waals surface area (Å²) in [4.78, 5) is 25.7. The molecule has 1 amide bonds. The quantitative estimate of drug-likeness (QED) is 0.449. The van der Waals surface area contributed by atoms with Gasteiger partial charge in [-0.05, 0) is 48.9 Å². The van der Waals surface area contributed by atoms with Gasteiger partial charge >= 0.3 is 11.8 Å². The van der Waals surface area contributed by atoms with E-state index in [9.17, 15) is 27.9 Å². The summed E-state index contributed by atoms with van der Waals surface area (Å²) in [5.74, 6) is -1.12. The van der Waals surface area contributed by atoms with Crippen LogP contribution in [0.25, 0.3) is 0 Å². The molecule has 11 heteroatoms. The van der Waals surface area contributed by atoms with E-state index < -0.39 is 29.2 Å². The molecule has 0 spiro atoms. The molecule has 0 bridgehead atoms. The molecule has 2 N–H and O–H groups in total. The molecule has 0 aliphatic carbocycles. The van der Waals surface area contributed by atoms with Gasteiger partial charge < -0.3 is 29.1 Å². The highest BCUT2D eigenvalue weighted by molar-refractivity contribution is 5.91. The number of hydrogen-bond acceptors (Lipinski definition) is 7. The average molecular weight is 507 g/mol. The number of amides is 1. The first kappa shape index (κ1) is 26.5. The van der Waals surface area contributed by atoms with Crippen LogP contribution < -0.4 is 25.2 Å². The zero-order valence-corrected chi connectivity index (χ0v) is 19.9. The largest absolute Gasteiger partial charge is 0.507 e. The lowest BCUT2D eigenvalue weighted by molar-refractivity contribution is -0.137. The van der Waals surface area contributed by atoms with E-state index in [-0.39, 0.29) is 46.4 Å². The molecule has 2 aromatic carbocycles. The van der Waals surface area contributed by atoms with E-state index in [1.54, 1.807) is 0 Å². The molecular formula is C25H24F3NO7. The van der Waals surface area contributed by atoms with Crippen molar-refractivity contribution in [3.8, 4) is 23.0 Å². The fourth-order valence-electron chi connectivity index (χ4n) is 3.76. The highest BCUT2D eigenvalue weighted by Crippen LogP contribution is 2.43. The van der Waals surface area contributed by atoms with Crippen molar-refractivity contribution in [2.45, 2.75) is 25.4 Å². The fourth-order valence-corrected chi connectivity index (χ4v) is 3.76. The van der Waals surface area contributed by atoms with Gasteiger partial charge in [0, 0.05) is 24.1 Å². The Morgan fingerprint density at radius 2 is 1.61 bits per heavy atom. The first-order valence-corrected chi connectivity index (χ1v) is 10.6. The molecule has 1 heterocycles. The van der Waals surface area contributed by atoms with E-state index in [1.165, 1.54) is 46.5 Å². The highest BCUT2D eigenvalue weighted by atomic mass is 19.4. The van der Waals surface area contributed by atoms with Gasteiger partial charge in [-0.1, -0.05) is 0 Å². The smallest absolute Gasteiger partial charge is 0.416 e. The Kier molecular flexibility index (Phi) is 7.81. The van der Waals surface area contributed by atoms with Crippen molar-refractivity contribution in [3.05, 3.63) is 75.3 Å². The summed E-state index contributed by atoms with van der Waals surface area (Å²) in [5.41, 5.74) is -1.42. The Balaban J connectivity index is 2.04. The summed E-state index contributed by atoms with van der Waals surface area (Å²) in [6.07, 6.45) is -4.89. The first-order chi connectivity index (χ1) is 17.0. The molecule has 3 aromatic rings. The second-order valence-electron chi connectivity index (χ2n) is 7.78. The van der Waals surface area contributed by atoms with Gasteiger partial charge in [-0.25, -0.2) is 4.79 Å². The highest BCUT2D eigenvalue weighted by Gasteiger charge is 2.31. The number of anilines is 1. The maximum absolute atomic E-state index is 12.9. The van der Waals surface area contributed by atoms with Crippen LogP contribution in [0.15, 0.2) is 51.7 Å². The van der Waals surface area contributed by atoms with Crippen LogP contribution in [-0.4, -0.2) is 32.3 Å². The third-order valence-electron chi connectivity index (χ3n) is 5.41. The molecule has 192 valence electrons. The maximum atomic E-state index is 12.9. The fraction of sp³-hybridized carbons (Fsp3) is 0.280. The number of carbonyl (C=O) groups is 1. The van der Waals surface area contributed by atoms with Gasteiger partial charge in [-0.3, -0.25) is 4.79 Å². The molecule has 0 aliphatic rings. The molecule has 36 heavy (non-hydrogen) atoms. The number of methoxy groups -OCH3 is 3. The third kappa shape index (κ3) is 5.73. The summed E-state index contributed by atoms with van der Waals surface area (Å²) in [7, 11) is 4.20. The zero-order valence-electron chi connectivity index (χ0n) is 19.9. The predicted octanol–water partition coefficient (Wildman–Crippen LogP) is 4.86. The monoisotopic (exact) mass is 507 g/mol. The van der Waals surface area contributed by atoms with Crippen molar-refractivity contribution < 1.29 is 41.7 Å². The molecule has 0 radical (unpaired) electrons. The summed E-state index contributed by atoms with van der Waals surface area (Å²) in [6, 6.07) is 8.21. The lowest BCUT2D eigenvalue weighted by Crippen LogP contribution is -2.21. The number of nitrogens with one attached hydrogen (secondary N) is 1. The van der Waals surface area contributed by atoms with E-state index in [4.69, 9.17) is 18.6 Å². The van der Waals surface area contributed by atoms with Gasteiger partial charge in [0.1, 0.15) is 11.5 Å². The minimum Gasteiger partial charge on any atom is -0.507 e. The molecule has 8 nitrogen and oxygen atoms in total. The number of aromatic hydroxyl groups is 1. The Morgan fingerprint density at radius 3 is 2.08 bits per heavy atom.